The lowest BCUT2D eigenvalue weighted by Gasteiger charge is -2.19. The topological polar surface area (TPSA) is 110 Å². The van der Waals surface area contributed by atoms with E-state index in [2.05, 4.69) is 39.3 Å². The molecule has 0 aromatic carbocycles. The standard InChI is InChI=1S/C21H19Cl2N7O2/c1-21(2)7-11(12-9-24-16-6-15(23)28-30(16)19(12)21)20(32)26-10-4-13(22)18(25-8-10)14-5-17(31)29(3)27-14/h4-6,8-9,11,31H,7H2,1-3H3,(H,26,32). The number of carbonyl (C=O) groups is 1. The molecule has 164 valence electrons. The molecule has 1 aliphatic carbocycles. The Balaban J connectivity index is 1.44. The van der Waals surface area contributed by atoms with Gasteiger partial charge in [0.05, 0.1) is 28.5 Å². The second-order valence-electron chi connectivity index (χ2n) is 8.49. The number of aryl methyl sites for hydroxylation is 1. The van der Waals surface area contributed by atoms with Gasteiger partial charge in [0.25, 0.3) is 0 Å². The largest absolute Gasteiger partial charge is 0.493 e. The Morgan fingerprint density at radius 2 is 1.97 bits per heavy atom. The first-order chi connectivity index (χ1) is 15.1. The number of nitrogens with one attached hydrogen (secondary N) is 1. The second-order valence-corrected chi connectivity index (χ2v) is 9.29. The lowest BCUT2D eigenvalue weighted by atomic mass is 9.88. The Morgan fingerprint density at radius 3 is 2.66 bits per heavy atom. The molecule has 1 unspecified atom stereocenters. The molecule has 0 spiro atoms. The maximum absolute atomic E-state index is 13.2. The number of pyridine rings is 1. The third kappa shape index (κ3) is 3.28. The maximum Gasteiger partial charge on any atom is 0.232 e. The number of carbonyl (C=O) groups excluding carboxylic acids is 1. The first-order valence-electron chi connectivity index (χ1n) is 9.88. The fourth-order valence-corrected chi connectivity index (χ4v) is 4.74. The van der Waals surface area contributed by atoms with Crippen molar-refractivity contribution in [1.82, 2.24) is 29.4 Å². The van der Waals surface area contributed by atoms with Crippen LogP contribution in [0.25, 0.3) is 17.0 Å². The van der Waals surface area contributed by atoms with Crippen LogP contribution in [-0.2, 0) is 17.3 Å². The van der Waals surface area contributed by atoms with Gasteiger partial charge in [-0.05, 0) is 12.5 Å². The summed E-state index contributed by atoms with van der Waals surface area (Å²) < 4.78 is 3.04. The van der Waals surface area contributed by atoms with Crippen LogP contribution in [0.5, 0.6) is 5.88 Å². The summed E-state index contributed by atoms with van der Waals surface area (Å²) in [5, 5.41) is 21.8. The van der Waals surface area contributed by atoms with Crippen molar-refractivity contribution in [3.05, 3.63) is 52.0 Å². The van der Waals surface area contributed by atoms with E-state index < -0.39 is 5.92 Å². The number of amides is 1. The normalized spacial score (nSPS) is 17.0. The van der Waals surface area contributed by atoms with Crippen LogP contribution in [0.1, 0.15) is 37.4 Å². The number of aromatic nitrogens is 6. The minimum Gasteiger partial charge on any atom is -0.493 e. The van der Waals surface area contributed by atoms with Gasteiger partial charge in [-0.15, -0.1) is 0 Å². The molecule has 4 aromatic heterocycles. The number of rotatable bonds is 3. The Labute approximate surface area is 193 Å². The van der Waals surface area contributed by atoms with Gasteiger partial charge in [0.2, 0.25) is 11.8 Å². The van der Waals surface area contributed by atoms with E-state index in [0.29, 0.717) is 39.3 Å². The number of aromatic hydroxyl groups is 1. The van der Waals surface area contributed by atoms with Crippen molar-refractivity contribution < 1.29 is 9.90 Å². The molecule has 1 atom stereocenters. The summed E-state index contributed by atoms with van der Waals surface area (Å²) >= 11 is 12.5. The quantitative estimate of drug-likeness (QED) is 0.468. The Hall–Kier alpha value is -3.17. The Morgan fingerprint density at radius 1 is 1.19 bits per heavy atom. The van der Waals surface area contributed by atoms with E-state index in [1.807, 2.05) is 0 Å². The van der Waals surface area contributed by atoms with E-state index in [-0.39, 0.29) is 17.2 Å². The summed E-state index contributed by atoms with van der Waals surface area (Å²) in [6.45, 7) is 4.15. The molecule has 0 aliphatic heterocycles. The van der Waals surface area contributed by atoms with E-state index in [0.717, 1.165) is 11.3 Å². The highest BCUT2D eigenvalue weighted by molar-refractivity contribution is 6.33. The van der Waals surface area contributed by atoms with Gasteiger partial charge >= 0.3 is 0 Å². The molecule has 0 saturated heterocycles. The first kappa shape index (κ1) is 20.7. The van der Waals surface area contributed by atoms with Crippen molar-refractivity contribution in [2.75, 3.05) is 5.32 Å². The van der Waals surface area contributed by atoms with Gasteiger partial charge < -0.3 is 10.4 Å². The summed E-state index contributed by atoms with van der Waals surface area (Å²) in [7, 11) is 1.61. The summed E-state index contributed by atoms with van der Waals surface area (Å²) in [5.41, 5.74) is 3.41. The van der Waals surface area contributed by atoms with Crippen LogP contribution in [0.4, 0.5) is 5.69 Å². The Kier molecular flexibility index (Phi) is 4.65. The minimum atomic E-state index is -0.411. The number of anilines is 1. The average Bonchev–Trinajstić information content (AvgIpc) is 3.34. The fourth-order valence-electron chi connectivity index (χ4n) is 4.30. The Bertz CT molecular complexity index is 1370. The SMILES string of the molecule is Cn1nc(-c2ncc(NC(=O)C3CC(C)(C)c4c3cnc3cc(Cl)nn43)cc2Cl)cc1O. The molecule has 0 fully saturated rings. The van der Waals surface area contributed by atoms with Crippen molar-refractivity contribution in [1.29, 1.82) is 0 Å². The monoisotopic (exact) mass is 471 g/mol. The van der Waals surface area contributed by atoms with Gasteiger partial charge in [-0.2, -0.15) is 10.2 Å². The molecule has 9 nitrogen and oxygen atoms in total. The van der Waals surface area contributed by atoms with E-state index in [1.54, 1.807) is 29.9 Å². The zero-order chi connectivity index (χ0) is 22.8. The smallest absolute Gasteiger partial charge is 0.232 e. The van der Waals surface area contributed by atoms with Crippen molar-refractivity contribution >= 4 is 40.4 Å². The van der Waals surface area contributed by atoms with Crippen LogP contribution in [-0.4, -0.2) is 40.4 Å². The summed E-state index contributed by atoms with van der Waals surface area (Å²) in [4.78, 5) is 22.0. The highest BCUT2D eigenvalue weighted by Crippen LogP contribution is 2.46. The van der Waals surface area contributed by atoms with E-state index in [4.69, 9.17) is 23.2 Å². The number of fused-ring (bicyclic) bond motifs is 3. The fraction of sp³-hybridized carbons (Fsp3) is 0.286. The van der Waals surface area contributed by atoms with Crippen molar-refractivity contribution in [3.63, 3.8) is 0 Å². The summed E-state index contributed by atoms with van der Waals surface area (Å²) in [5.74, 6) is -0.595. The third-order valence-electron chi connectivity index (χ3n) is 5.74. The molecule has 0 bridgehead atoms. The van der Waals surface area contributed by atoms with Crippen LogP contribution in [0.15, 0.2) is 30.6 Å². The lowest BCUT2D eigenvalue weighted by Crippen LogP contribution is -2.21. The average molecular weight is 472 g/mol. The number of halogens is 2. The molecule has 4 heterocycles. The maximum atomic E-state index is 13.2. The van der Waals surface area contributed by atoms with Gasteiger partial charge in [0.15, 0.2) is 10.8 Å². The van der Waals surface area contributed by atoms with Crippen LogP contribution < -0.4 is 5.32 Å². The molecule has 5 rings (SSSR count). The number of hydrogen-bond acceptors (Lipinski definition) is 6. The molecule has 4 aromatic rings. The second kappa shape index (κ2) is 7.18. The molecule has 0 radical (unpaired) electrons. The van der Waals surface area contributed by atoms with Gasteiger partial charge in [-0.1, -0.05) is 37.0 Å². The van der Waals surface area contributed by atoms with Crippen LogP contribution in [0.3, 0.4) is 0 Å². The van der Waals surface area contributed by atoms with E-state index in [1.165, 1.54) is 16.9 Å². The van der Waals surface area contributed by atoms with Crippen LogP contribution in [0.2, 0.25) is 10.2 Å². The third-order valence-corrected chi connectivity index (χ3v) is 6.21. The minimum absolute atomic E-state index is 0.000976. The number of nitrogens with zero attached hydrogens (tertiary/aromatic N) is 6. The van der Waals surface area contributed by atoms with Crippen molar-refractivity contribution in [3.8, 4) is 17.3 Å². The zero-order valence-corrected chi connectivity index (χ0v) is 19.0. The molecule has 2 N–H and O–H groups in total. The number of hydrogen-bond donors (Lipinski definition) is 2. The van der Waals surface area contributed by atoms with E-state index >= 15 is 0 Å². The zero-order valence-electron chi connectivity index (χ0n) is 17.5. The predicted octanol–water partition coefficient (Wildman–Crippen LogP) is 3.94. The van der Waals surface area contributed by atoms with Gasteiger partial charge in [-0.25, -0.2) is 14.2 Å². The first-order valence-corrected chi connectivity index (χ1v) is 10.6. The summed E-state index contributed by atoms with van der Waals surface area (Å²) in [6.07, 6.45) is 3.84. The highest BCUT2D eigenvalue weighted by Gasteiger charge is 2.43. The molecule has 1 aliphatic rings. The van der Waals surface area contributed by atoms with E-state index in [9.17, 15) is 9.90 Å². The van der Waals surface area contributed by atoms with Gasteiger partial charge in [0, 0.05) is 36.4 Å². The molecular weight excluding hydrogens is 453 g/mol. The predicted molar refractivity (Wildman–Crippen MR) is 120 cm³/mol. The molecule has 11 heteroatoms. The van der Waals surface area contributed by atoms with Crippen molar-refractivity contribution in [2.45, 2.75) is 31.6 Å². The van der Waals surface area contributed by atoms with Crippen molar-refractivity contribution in [2.24, 2.45) is 7.05 Å². The van der Waals surface area contributed by atoms with Gasteiger partial charge in [0.1, 0.15) is 11.4 Å². The highest BCUT2D eigenvalue weighted by atomic mass is 35.5. The molecule has 32 heavy (non-hydrogen) atoms. The molecule has 0 saturated carbocycles. The van der Waals surface area contributed by atoms with Crippen LogP contribution in [0, 0.1) is 0 Å². The molecule has 1 amide bonds. The molecular formula is C21H19Cl2N7O2. The van der Waals surface area contributed by atoms with Crippen LogP contribution >= 0.6 is 23.2 Å². The summed E-state index contributed by atoms with van der Waals surface area (Å²) in [6, 6.07) is 4.78. The lowest BCUT2D eigenvalue weighted by molar-refractivity contribution is -0.117. The van der Waals surface area contributed by atoms with Gasteiger partial charge in [-0.3, -0.25) is 9.78 Å².